The van der Waals surface area contributed by atoms with E-state index in [1.807, 2.05) is 0 Å². The van der Waals surface area contributed by atoms with E-state index >= 15 is 0 Å². The Morgan fingerprint density at radius 3 is 2.55 bits per heavy atom. The Morgan fingerprint density at radius 2 is 1.95 bits per heavy atom. The van der Waals surface area contributed by atoms with Gasteiger partial charge in [0.2, 0.25) is 5.78 Å². The van der Waals surface area contributed by atoms with E-state index in [0.29, 0.717) is 0 Å². The zero-order valence-corrected chi connectivity index (χ0v) is 11.9. The lowest BCUT2D eigenvalue weighted by Crippen LogP contribution is -2.13. The third-order valence-electron chi connectivity index (χ3n) is 2.70. The summed E-state index contributed by atoms with van der Waals surface area (Å²) in [5.41, 5.74) is -0.0730. The second-order valence-corrected chi connectivity index (χ2v) is 4.95. The van der Waals surface area contributed by atoms with Crippen LogP contribution in [0.1, 0.15) is 27.4 Å². The van der Waals surface area contributed by atoms with Gasteiger partial charge in [0, 0.05) is 25.0 Å². The van der Waals surface area contributed by atoms with Crippen molar-refractivity contribution >= 4 is 34.8 Å². The predicted octanol–water partition coefficient (Wildman–Crippen LogP) is 3.32. The standard InChI is InChI=1S/C13H9Cl2FN2O2/c1-18-3-2-17-13(18)12(20)6-11(19)7-4-10(16)9(15)5-8(7)14/h2-5H,6H2,1H3. The third kappa shape index (κ3) is 2.89. The van der Waals surface area contributed by atoms with Crippen LogP contribution in [0.3, 0.4) is 0 Å². The minimum Gasteiger partial charge on any atom is -0.332 e. The Morgan fingerprint density at radius 1 is 1.25 bits per heavy atom. The highest BCUT2D eigenvalue weighted by atomic mass is 35.5. The number of halogens is 3. The fourth-order valence-electron chi connectivity index (χ4n) is 1.69. The molecule has 0 saturated heterocycles. The van der Waals surface area contributed by atoms with Crippen LogP contribution in [0, 0.1) is 5.82 Å². The molecule has 0 fully saturated rings. The molecule has 4 nitrogen and oxygen atoms in total. The summed E-state index contributed by atoms with van der Waals surface area (Å²) < 4.78 is 14.8. The number of rotatable bonds is 4. The van der Waals surface area contributed by atoms with Crippen molar-refractivity contribution in [3.8, 4) is 0 Å². The molecule has 1 aromatic heterocycles. The molecule has 0 radical (unpaired) electrons. The van der Waals surface area contributed by atoms with E-state index in [1.165, 1.54) is 10.8 Å². The fraction of sp³-hybridized carbons (Fsp3) is 0.154. The van der Waals surface area contributed by atoms with E-state index in [2.05, 4.69) is 4.98 Å². The number of aryl methyl sites for hydroxylation is 1. The normalized spacial score (nSPS) is 10.6. The van der Waals surface area contributed by atoms with Gasteiger partial charge in [0.15, 0.2) is 11.6 Å². The molecule has 0 bridgehead atoms. The molecule has 20 heavy (non-hydrogen) atoms. The molecular formula is C13H9Cl2FN2O2. The molecular weight excluding hydrogens is 306 g/mol. The zero-order valence-electron chi connectivity index (χ0n) is 10.4. The maximum Gasteiger partial charge on any atom is 0.205 e. The first kappa shape index (κ1) is 14.7. The van der Waals surface area contributed by atoms with Crippen molar-refractivity contribution in [3.63, 3.8) is 0 Å². The topological polar surface area (TPSA) is 52.0 Å². The number of benzene rings is 1. The highest BCUT2D eigenvalue weighted by molar-refractivity contribution is 6.37. The number of carbonyl (C=O) groups excluding carboxylic acids is 2. The van der Waals surface area contributed by atoms with Gasteiger partial charge in [-0.1, -0.05) is 23.2 Å². The summed E-state index contributed by atoms with van der Waals surface area (Å²) in [5.74, 6) is -1.65. The third-order valence-corrected chi connectivity index (χ3v) is 3.30. The van der Waals surface area contributed by atoms with Gasteiger partial charge < -0.3 is 4.57 Å². The lowest BCUT2D eigenvalue weighted by Gasteiger charge is -2.05. The van der Waals surface area contributed by atoms with Gasteiger partial charge in [-0.2, -0.15) is 0 Å². The predicted molar refractivity (Wildman–Crippen MR) is 72.9 cm³/mol. The largest absolute Gasteiger partial charge is 0.332 e. The smallest absolute Gasteiger partial charge is 0.205 e. The number of hydrogen-bond donors (Lipinski definition) is 0. The van der Waals surface area contributed by atoms with E-state index in [-0.39, 0.29) is 21.4 Å². The summed E-state index contributed by atoms with van der Waals surface area (Å²) in [6.07, 6.45) is 2.60. The number of ketones is 2. The van der Waals surface area contributed by atoms with Gasteiger partial charge in [0.1, 0.15) is 5.82 Å². The molecule has 0 aliphatic rings. The molecule has 0 N–H and O–H groups in total. The SMILES string of the molecule is Cn1ccnc1C(=O)CC(=O)c1cc(F)c(Cl)cc1Cl. The number of imidazole rings is 1. The molecule has 0 amide bonds. The summed E-state index contributed by atoms with van der Waals surface area (Å²) in [4.78, 5) is 27.7. The van der Waals surface area contributed by atoms with Gasteiger partial charge in [-0.05, 0) is 12.1 Å². The van der Waals surface area contributed by atoms with Crippen LogP contribution in [0.2, 0.25) is 10.0 Å². The lowest BCUT2D eigenvalue weighted by molar-refractivity contribution is 0.0886. The lowest BCUT2D eigenvalue weighted by atomic mass is 10.1. The number of hydrogen-bond acceptors (Lipinski definition) is 3. The van der Waals surface area contributed by atoms with Crippen molar-refractivity contribution < 1.29 is 14.0 Å². The van der Waals surface area contributed by atoms with Crippen molar-refractivity contribution in [3.05, 3.63) is 51.8 Å². The van der Waals surface area contributed by atoms with Gasteiger partial charge in [-0.25, -0.2) is 9.37 Å². The highest BCUT2D eigenvalue weighted by Gasteiger charge is 2.20. The first-order valence-corrected chi connectivity index (χ1v) is 6.34. The van der Waals surface area contributed by atoms with Crippen molar-refractivity contribution in [2.45, 2.75) is 6.42 Å². The molecule has 7 heteroatoms. The van der Waals surface area contributed by atoms with Crippen LogP contribution in [-0.2, 0) is 7.05 Å². The van der Waals surface area contributed by atoms with Crippen LogP contribution < -0.4 is 0 Å². The summed E-state index contributed by atoms with van der Waals surface area (Å²) in [5, 5.41) is -0.170. The summed E-state index contributed by atoms with van der Waals surface area (Å²) in [7, 11) is 1.64. The Bertz CT molecular complexity index is 698. The van der Waals surface area contributed by atoms with E-state index in [9.17, 15) is 14.0 Å². The molecule has 0 aliphatic carbocycles. The van der Waals surface area contributed by atoms with E-state index < -0.39 is 23.8 Å². The average molecular weight is 315 g/mol. The average Bonchev–Trinajstić information content (AvgIpc) is 2.80. The van der Waals surface area contributed by atoms with Crippen LogP contribution in [0.5, 0.6) is 0 Å². The molecule has 2 rings (SSSR count). The number of Topliss-reactive ketones (excluding diaryl/α,β-unsaturated/α-hetero) is 2. The Balaban J connectivity index is 2.23. The van der Waals surface area contributed by atoms with Crippen molar-refractivity contribution in [2.24, 2.45) is 7.05 Å². The van der Waals surface area contributed by atoms with Crippen LogP contribution in [0.15, 0.2) is 24.5 Å². The fourth-order valence-corrected chi connectivity index (χ4v) is 2.18. The van der Waals surface area contributed by atoms with Crippen LogP contribution in [-0.4, -0.2) is 21.1 Å². The molecule has 0 aliphatic heterocycles. The number of aromatic nitrogens is 2. The van der Waals surface area contributed by atoms with Crippen LogP contribution in [0.4, 0.5) is 4.39 Å². The van der Waals surface area contributed by atoms with Gasteiger partial charge in [0.25, 0.3) is 0 Å². The van der Waals surface area contributed by atoms with Crippen molar-refractivity contribution in [2.75, 3.05) is 0 Å². The summed E-state index contributed by atoms with van der Waals surface area (Å²) in [6, 6.07) is 2.07. The molecule has 1 aromatic carbocycles. The second-order valence-electron chi connectivity index (χ2n) is 4.13. The number of carbonyl (C=O) groups is 2. The maximum absolute atomic E-state index is 13.4. The Hall–Kier alpha value is -1.72. The molecule has 0 atom stereocenters. The van der Waals surface area contributed by atoms with E-state index in [4.69, 9.17) is 23.2 Å². The summed E-state index contributed by atoms with van der Waals surface area (Å²) >= 11 is 11.4. The maximum atomic E-state index is 13.4. The highest BCUT2D eigenvalue weighted by Crippen LogP contribution is 2.25. The van der Waals surface area contributed by atoms with Gasteiger partial charge in [0.05, 0.1) is 16.5 Å². The zero-order chi connectivity index (χ0) is 14.9. The van der Waals surface area contributed by atoms with E-state index in [0.717, 1.165) is 12.1 Å². The van der Waals surface area contributed by atoms with Crippen LogP contribution >= 0.6 is 23.2 Å². The minimum absolute atomic E-state index is 0.00837. The van der Waals surface area contributed by atoms with Gasteiger partial charge >= 0.3 is 0 Å². The first-order valence-electron chi connectivity index (χ1n) is 5.58. The Kier molecular flexibility index (Phi) is 4.20. The van der Waals surface area contributed by atoms with Gasteiger partial charge in [-0.15, -0.1) is 0 Å². The van der Waals surface area contributed by atoms with Crippen LogP contribution in [0.25, 0.3) is 0 Å². The minimum atomic E-state index is -0.760. The number of nitrogens with zero attached hydrogens (tertiary/aromatic N) is 2. The van der Waals surface area contributed by atoms with Crippen molar-refractivity contribution in [1.29, 1.82) is 0 Å². The molecule has 104 valence electrons. The Labute approximate surface area is 124 Å². The molecule has 0 saturated carbocycles. The molecule has 2 aromatic rings. The second kappa shape index (κ2) is 5.73. The monoisotopic (exact) mass is 314 g/mol. The molecule has 1 heterocycles. The quantitative estimate of drug-likeness (QED) is 0.494. The van der Waals surface area contributed by atoms with E-state index in [1.54, 1.807) is 13.2 Å². The summed E-state index contributed by atoms with van der Waals surface area (Å²) in [6.45, 7) is 0. The van der Waals surface area contributed by atoms with Gasteiger partial charge in [-0.3, -0.25) is 9.59 Å². The molecule has 0 unspecified atom stereocenters. The van der Waals surface area contributed by atoms with Crippen molar-refractivity contribution in [1.82, 2.24) is 9.55 Å². The first-order chi connectivity index (χ1) is 9.40. The molecule has 0 spiro atoms.